The van der Waals surface area contributed by atoms with Gasteiger partial charge in [0.05, 0.1) is 28.8 Å². The third kappa shape index (κ3) is 3.55. The van der Waals surface area contributed by atoms with Crippen LogP contribution in [0.25, 0.3) is 0 Å². The van der Waals surface area contributed by atoms with Gasteiger partial charge in [-0.3, -0.25) is 0 Å². The Balaban J connectivity index is 2.19. The predicted octanol–water partition coefficient (Wildman–Crippen LogP) is 3.78. The first kappa shape index (κ1) is 14.5. The summed E-state index contributed by atoms with van der Waals surface area (Å²) in [6.45, 7) is 3.81. The Morgan fingerprint density at radius 2 is 2.28 bits per heavy atom. The Morgan fingerprint density at radius 1 is 1.44 bits per heavy atom. The molecule has 1 aliphatic heterocycles. The molecular formula is C13H17Cl2NOS. The summed E-state index contributed by atoms with van der Waals surface area (Å²) in [6.07, 6.45) is 0.195. The highest BCUT2D eigenvalue weighted by molar-refractivity contribution is 7.99. The fourth-order valence-corrected chi connectivity index (χ4v) is 3.30. The van der Waals surface area contributed by atoms with Gasteiger partial charge >= 0.3 is 0 Å². The average molecular weight is 306 g/mol. The van der Waals surface area contributed by atoms with Crippen LogP contribution in [0.2, 0.25) is 10.0 Å². The van der Waals surface area contributed by atoms with Gasteiger partial charge in [0.1, 0.15) is 0 Å². The number of nitrogens with one attached hydrogen (secondary N) is 1. The number of benzene rings is 1. The first-order chi connectivity index (χ1) is 8.72. The van der Waals surface area contributed by atoms with Crippen LogP contribution in [0.3, 0.4) is 0 Å². The molecule has 100 valence electrons. The highest BCUT2D eigenvalue weighted by Gasteiger charge is 2.25. The van der Waals surface area contributed by atoms with Crippen LogP contribution in [-0.2, 0) is 4.74 Å². The van der Waals surface area contributed by atoms with Crippen molar-refractivity contribution in [1.82, 2.24) is 5.32 Å². The minimum atomic E-state index is 0.178. The van der Waals surface area contributed by atoms with Crippen LogP contribution in [0, 0.1) is 0 Å². The fraction of sp³-hybridized carbons (Fsp3) is 0.538. The lowest BCUT2D eigenvalue weighted by atomic mass is 10.0. The van der Waals surface area contributed by atoms with Crippen LogP contribution in [0.5, 0.6) is 0 Å². The van der Waals surface area contributed by atoms with E-state index in [9.17, 15) is 0 Å². The van der Waals surface area contributed by atoms with E-state index in [-0.39, 0.29) is 12.1 Å². The summed E-state index contributed by atoms with van der Waals surface area (Å²) in [5, 5.41) is 4.67. The molecule has 2 rings (SSSR count). The van der Waals surface area contributed by atoms with Gasteiger partial charge in [0.2, 0.25) is 0 Å². The fourth-order valence-electron chi connectivity index (χ4n) is 2.09. The van der Waals surface area contributed by atoms with Crippen molar-refractivity contribution in [1.29, 1.82) is 0 Å². The Morgan fingerprint density at radius 3 is 2.89 bits per heavy atom. The van der Waals surface area contributed by atoms with Crippen molar-refractivity contribution in [3.05, 3.63) is 33.8 Å². The van der Waals surface area contributed by atoms with E-state index in [0.29, 0.717) is 10.0 Å². The maximum Gasteiger partial charge on any atom is 0.0860 e. The molecule has 0 aromatic heterocycles. The molecule has 2 nitrogen and oxygen atoms in total. The van der Waals surface area contributed by atoms with Gasteiger partial charge in [-0.2, -0.15) is 11.8 Å². The molecule has 0 spiro atoms. The highest BCUT2D eigenvalue weighted by Crippen LogP contribution is 2.30. The zero-order valence-corrected chi connectivity index (χ0v) is 12.6. The van der Waals surface area contributed by atoms with Gasteiger partial charge in [0.15, 0.2) is 0 Å². The van der Waals surface area contributed by atoms with Gasteiger partial charge in [-0.05, 0) is 24.2 Å². The lowest BCUT2D eigenvalue weighted by molar-refractivity contribution is 0.0472. The molecule has 1 saturated heterocycles. The highest BCUT2D eigenvalue weighted by atomic mass is 35.5. The second kappa shape index (κ2) is 7.01. The molecule has 1 aromatic rings. The van der Waals surface area contributed by atoms with Crippen molar-refractivity contribution in [2.45, 2.75) is 19.1 Å². The lowest BCUT2D eigenvalue weighted by Crippen LogP contribution is -2.38. The summed E-state index contributed by atoms with van der Waals surface area (Å²) in [7, 11) is 0. The summed E-state index contributed by atoms with van der Waals surface area (Å²) in [4.78, 5) is 0. The number of likely N-dealkylation sites (N-methyl/N-ethyl adjacent to an activating group) is 1. The largest absolute Gasteiger partial charge is 0.375 e. The first-order valence-electron chi connectivity index (χ1n) is 6.10. The SMILES string of the molecule is CCNC(c1ccc(Cl)c(Cl)c1)C1CSCCO1. The van der Waals surface area contributed by atoms with E-state index in [1.54, 1.807) is 0 Å². The van der Waals surface area contributed by atoms with Gasteiger partial charge in [0.25, 0.3) is 0 Å². The number of hydrogen-bond donors (Lipinski definition) is 1. The standard InChI is InChI=1S/C13H17Cl2NOS/c1-2-16-13(12-8-18-6-5-17-12)9-3-4-10(14)11(15)7-9/h3-4,7,12-13,16H,2,5-6,8H2,1H3. The summed E-state index contributed by atoms with van der Waals surface area (Å²) in [6, 6.07) is 5.97. The predicted molar refractivity (Wildman–Crippen MR) is 79.9 cm³/mol. The molecule has 1 fully saturated rings. The van der Waals surface area contributed by atoms with E-state index in [1.165, 1.54) is 0 Å². The van der Waals surface area contributed by atoms with Crippen molar-refractivity contribution in [3.8, 4) is 0 Å². The van der Waals surface area contributed by atoms with Gasteiger partial charge in [-0.25, -0.2) is 0 Å². The van der Waals surface area contributed by atoms with Crippen LogP contribution >= 0.6 is 35.0 Å². The van der Waals surface area contributed by atoms with Crippen LogP contribution < -0.4 is 5.32 Å². The zero-order valence-electron chi connectivity index (χ0n) is 10.3. The maximum absolute atomic E-state index is 6.09. The number of thioether (sulfide) groups is 1. The van der Waals surface area contributed by atoms with Gasteiger partial charge in [-0.1, -0.05) is 36.2 Å². The molecule has 0 aliphatic carbocycles. The molecule has 1 N–H and O–H groups in total. The molecule has 2 atom stereocenters. The quantitative estimate of drug-likeness (QED) is 0.915. The third-order valence-corrected chi connectivity index (χ3v) is 4.70. The Hall–Kier alpha value is 0.0700. The van der Waals surface area contributed by atoms with Crippen molar-refractivity contribution in [2.24, 2.45) is 0 Å². The van der Waals surface area contributed by atoms with E-state index in [4.69, 9.17) is 27.9 Å². The van der Waals surface area contributed by atoms with E-state index in [0.717, 1.165) is 30.2 Å². The van der Waals surface area contributed by atoms with Crippen LogP contribution in [0.1, 0.15) is 18.5 Å². The smallest absolute Gasteiger partial charge is 0.0860 e. The number of hydrogen-bond acceptors (Lipinski definition) is 3. The minimum absolute atomic E-state index is 0.178. The molecule has 0 saturated carbocycles. The Bertz CT molecular complexity index is 397. The second-order valence-electron chi connectivity index (χ2n) is 4.19. The van der Waals surface area contributed by atoms with E-state index in [1.807, 2.05) is 30.0 Å². The molecule has 2 unspecified atom stereocenters. The summed E-state index contributed by atoms with van der Waals surface area (Å²) in [5.41, 5.74) is 1.14. The third-order valence-electron chi connectivity index (χ3n) is 2.94. The Labute approximate surface area is 122 Å². The molecule has 18 heavy (non-hydrogen) atoms. The summed E-state index contributed by atoms with van der Waals surface area (Å²) >= 11 is 14.0. The first-order valence-corrected chi connectivity index (χ1v) is 8.01. The van der Waals surface area contributed by atoms with Gasteiger partial charge in [0, 0.05) is 11.5 Å². The second-order valence-corrected chi connectivity index (χ2v) is 6.16. The van der Waals surface area contributed by atoms with Crippen molar-refractivity contribution in [2.75, 3.05) is 24.7 Å². The van der Waals surface area contributed by atoms with E-state index < -0.39 is 0 Å². The number of rotatable bonds is 4. The zero-order chi connectivity index (χ0) is 13.0. The van der Waals surface area contributed by atoms with E-state index in [2.05, 4.69) is 12.2 Å². The number of ether oxygens (including phenoxy) is 1. The van der Waals surface area contributed by atoms with Crippen molar-refractivity contribution >= 4 is 35.0 Å². The van der Waals surface area contributed by atoms with Crippen LogP contribution in [0.15, 0.2) is 18.2 Å². The summed E-state index contributed by atoms with van der Waals surface area (Å²) < 4.78 is 5.86. The molecule has 0 amide bonds. The lowest BCUT2D eigenvalue weighted by Gasteiger charge is -2.31. The maximum atomic E-state index is 6.09. The summed E-state index contributed by atoms with van der Waals surface area (Å²) in [5.74, 6) is 2.09. The molecule has 1 aromatic carbocycles. The molecule has 0 bridgehead atoms. The molecular weight excluding hydrogens is 289 g/mol. The van der Waals surface area contributed by atoms with Crippen LogP contribution in [-0.4, -0.2) is 30.8 Å². The topological polar surface area (TPSA) is 21.3 Å². The van der Waals surface area contributed by atoms with Crippen molar-refractivity contribution in [3.63, 3.8) is 0 Å². The minimum Gasteiger partial charge on any atom is -0.375 e. The van der Waals surface area contributed by atoms with Crippen molar-refractivity contribution < 1.29 is 4.74 Å². The number of halogens is 2. The molecule has 1 aliphatic rings. The Kier molecular flexibility index (Phi) is 5.64. The molecule has 1 heterocycles. The van der Waals surface area contributed by atoms with Gasteiger partial charge in [-0.15, -0.1) is 0 Å². The van der Waals surface area contributed by atoms with Crippen LogP contribution in [0.4, 0.5) is 0 Å². The van der Waals surface area contributed by atoms with Gasteiger partial charge < -0.3 is 10.1 Å². The monoisotopic (exact) mass is 305 g/mol. The average Bonchev–Trinajstić information content (AvgIpc) is 2.40. The normalized spacial score (nSPS) is 21.8. The molecule has 5 heteroatoms. The van der Waals surface area contributed by atoms with E-state index >= 15 is 0 Å². The molecule has 0 radical (unpaired) electrons.